The lowest BCUT2D eigenvalue weighted by Crippen LogP contribution is -2.59. The molecule has 0 aromatic rings. The van der Waals surface area contributed by atoms with Crippen LogP contribution in [-0.4, -0.2) is 64.3 Å². The third-order valence-electron chi connectivity index (χ3n) is 3.65. The Bertz CT molecular complexity index is 248. The Morgan fingerprint density at radius 1 is 0.950 bits per heavy atom. The zero-order chi connectivity index (χ0) is 15.0. The van der Waals surface area contributed by atoms with Crippen LogP contribution in [0.3, 0.4) is 0 Å². The van der Waals surface area contributed by atoms with Crippen molar-refractivity contribution in [3.63, 3.8) is 0 Å². The van der Waals surface area contributed by atoms with Crippen LogP contribution in [0.2, 0.25) is 0 Å². The first-order valence-corrected chi connectivity index (χ1v) is 7.54. The van der Waals surface area contributed by atoms with Gasteiger partial charge in [-0.1, -0.05) is 39.0 Å². The van der Waals surface area contributed by atoms with E-state index in [1.54, 1.807) is 0 Å². The monoisotopic (exact) mass is 292 g/mol. The molecule has 20 heavy (non-hydrogen) atoms. The first-order valence-electron chi connectivity index (χ1n) is 7.54. The molecule has 5 atom stereocenters. The Morgan fingerprint density at radius 3 is 2.25 bits per heavy atom. The molecule has 0 aromatic heterocycles. The minimum atomic E-state index is -1.49. The summed E-state index contributed by atoms with van der Waals surface area (Å²) in [6, 6.07) is 0. The largest absolute Gasteiger partial charge is 0.394 e. The highest BCUT2D eigenvalue weighted by atomic mass is 16.6. The second-order valence-corrected chi connectivity index (χ2v) is 5.33. The van der Waals surface area contributed by atoms with Crippen LogP contribution in [0.15, 0.2) is 0 Å². The maximum atomic E-state index is 9.86. The van der Waals surface area contributed by atoms with E-state index in [2.05, 4.69) is 6.92 Å². The number of ether oxygens (including phenoxy) is 2. The fourth-order valence-electron chi connectivity index (χ4n) is 2.37. The van der Waals surface area contributed by atoms with Crippen molar-refractivity contribution in [1.82, 2.24) is 0 Å². The van der Waals surface area contributed by atoms with E-state index < -0.39 is 30.7 Å². The summed E-state index contributed by atoms with van der Waals surface area (Å²) in [7, 11) is 0. The van der Waals surface area contributed by atoms with Crippen LogP contribution in [0.4, 0.5) is 0 Å². The number of hydrogen-bond donors (Lipinski definition) is 4. The fraction of sp³-hybridized carbons (Fsp3) is 1.00. The third kappa shape index (κ3) is 5.27. The Balaban J connectivity index is 2.25. The van der Waals surface area contributed by atoms with Crippen LogP contribution in [0.25, 0.3) is 0 Å². The van der Waals surface area contributed by atoms with Gasteiger partial charge in [-0.15, -0.1) is 0 Å². The summed E-state index contributed by atoms with van der Waals surface area (Å²) in [4.78, 5) is 0. The van der Waals surface area contributed by atoms with Gasteiger partial charge in [-0.2, -0.15) is 0 Å². The van der Waals surface area contributed by atoms with Crippen LogP contribution in [0.5, 0.6) is 0 Å². The second kappa shape index (κ2) is 9.65. The summed E-state index contributed by atoms with van der Waals surface area (Å²) < 4.78 is 10.5. The molecule has 6 heteroatoms. The van der Waals surface area contributed by atoms with Crippen LogP contribution in [-0.2, 0) is 9.47 Å². The van der Waals surface area contributed by atoms with E-state index >= 15 is 0 Å². The highest BCUT2D eigenvalue weighted by Gasteiger charge is 2.44. The number of aliphatic hydroxyl groups is 4. The highest BCUT2D eigenvalue weighted by Crippen LogP contribution is 2.22. The van der Waals surface area contributed by atoms with Gasteiger partial charge in [0.05, 0.1) is 6.61 Å². The van der Waals surface area contributed by atoms with Gasteiger partial charge in [0.2, 0.25) is 0 Å². The van der Waals surface area contributed by atoms with Gasteiger partial charge < -0.3 is 29.9 Å². The van der Waals surface area contributed by atoms with Crippen molar-refractivity contribution >= 4 is 0 Å². The normalized spacial score (nSPS) is 34.4. The molecule has 0 bridgehead atoms. The number of hydrogen-bond acceptors (Lipinski definition) is 6. The van der Waals surface area contributed by atoms with Crippen LogP contribution in [0, 0.1) is 0 Å². The molecule has 4 N–H and O–H groups in total. The van der Waals surface area contributed by atoms with Crippen molar-refractivity contribution in [2.75, 3.05) is 13.2 Å². The van der Waals surface area contributed by atoms with E-state index in [9.17, 15) is 20.4 Å². The van der Waals surface area contributed by atoms with E-state index in [4.69, 9.17) is 9.47 Å². The molecule has 1 fully saturated rings. The quantitative estimate of drug-likeness (QED) is 0.452. The van der Waals surface area contributed by atoms with Gasteiger partial charge in [0.15, 0.2) is 6.29 Å². The predicted molar refractivity (Wildman–Crippen MR) is 73.1 cm³/mol. The van der Waals surface area contributed by atoms with Gasteiger partial charge in [0.25, 0.3) is 0 Å². The molecule has 0 radical (unpaired) electrons. The molecule has 0 saturated carbocycles. The summed E-state index contributed by atoms with van der Waals surface area (Å²) in [5.41, 5.74) is 0. The van der Waals surface area contributed by atoms with Crippen molar-refractivity contribution in [2.45, 2.75) is 76.2 Å². The fourth-order valence-corrected chi connectivity index (χ4v) is 2.37. The molecule has 1 aliphatic rings. The number of unbranched alkanes of at least 4 members (excludes halogenated alkanes) is 5. The van der Waals surface area contributed by atoms with Crippen molar-refractivity contribution in [1.29, 1.82) is 0 Å². The second-order valence-electron chi connectivity index (χ2n) is 5.33. The predicted octanol–water partition coefficient (Wildman–Crippen LogP) is 0.163. The molecule has 1 heterocycles. The number of aliphatic hydroxyl groups excluding tert-OH is 4. The van der Waals surface area contributed by atoms with Crippen molar-refractivity contribution in [2.24, 2.45) is 0 Å². The van der Waals surface area contributed by atoms with Crippen molar-refractivity contribution < 1.29 is 29.9 Å². The Hall–Kier alpha value is -0.240. The molecule has 120 valence electrons. The van der Waals surface area contributed by atoms with Crippen molar-refractivity contribution in [3.05, 3.63) is 0 Å². The van der Waals surface area contributed by atoms with Gasteiger partial charge >= 0.3 is 0 Å². The first-order chi connectivity index (χ1) is 9.61. The Morgan fingerprint density at radius 2 is 1.60 bits per heavy atom. The lowest BCUT2D eigenvalue weighted by atomic mass is 9.99. The minimum Gasteiger partial charge on any atom is -0.394 e. The van der Waals surface area contributed by atoms with Gasteiger partial charge in [0, 0.05) is 6.61 Å². The summed E-state index contributed by atoms with van der Waals surface area (Å²) in [5, 5.41) is 37.9. The Labute approximate surface area is 120 Å². The van der Waals surface area contributed by atoms with Gasteiger partial charge in [-0.3, -0.25) is 0 Å². The number of rotatable bonds is 9. The Kier molecular flexibility index (Phi) is 8.60. The lowest BCUT2D eigenvalue weighted by molar-refractivity contribution is -0.294. The zero-order valence-electron chi connectivity index (χ0n) is 12.1. The SMILES string of the molecule is CCCCCCCCO[C@H]1[C@H](O)[C@@H](O)C(O)O[C@@H]1CO. The topological polar surface area (TPSA) is 99.4 Å². The molecular weight excluding hydrogens is 264 g/mol. The van der Waals surface area contributed by atoms with E-state index in [1.165, 1.54) is 19.3 Å². The lowest BCUT2D eigenvalue weighted by Gasteiger charge is -2.40. The van der Waals surface area contributed by atoms with Gasteiger partial charge in [0.1, 0.15) is 24.4 Å². The summed E-state index contributed by atoms with van der Waals surface area (Å²) in [6.07, 6.45) is 0.966. The van der Waals surface area contributed by atoms with E-state index in [0.717, 1.165) is 19.3 Å². The average Bonchev–Trinajstić information content (AvgIpc) is 2.45. The standard InChI is InChI=1S/C14H28O6/c1-2-3-4-5-6-7-8-19-13-10(9-15)20-14(18)12(17)11(13)16/h10-18H,2-9H2,1H3/t10-,11-,12-,13-,14?/m1/s1. The average molecular weight is 292 g/mol. The highest BCUT2D eigenvalue weighted by molar-refractivity contribution is 4.89. The summed E-state index contributed by atoms with van der Waals surface area (Å²) >= 11 is 0. The molecule has 1 saturated heterocycles. The maximum absolute atomic E-state index is 9.86. The smallest absolute Gasteiger partial charge is 0.184 e. The third-order valence-corrected chi connectivity index (χ3v) is 3.65. The van der Waals surface area contributed by atoms with Gasteiger partial charge in [-0.25, -0.2) is 0 Å². The summed E-state index contributed by atoms with van der Waals surface area (Å²) in [6.45, 7) is 2.24. The van der Waals surface area contributed by atoms with Gasteiger partial charge in [-0.05, 0) is 6.42 Å². The molecule has 0 spiro atoms. The maximum Gasteiger partial charge on any atom is 0.184 e. The van der Waals surface area contributed by atoms with Crippen LogP contribution < -0.4 is 0 Å². The van der Waals surface area contributed by atoms with Crippen LogP contribution >= 0.6 is 0 Å². The molecule has 1 aliphatic heterocycles. The van der Waals surface area contributed by atoms with E-state index in [-0.39, 0.29) is 6.61 Å². The molecule has 0 aromatic carbocycles. The van der Waals surface area contributed by atoms with Crippen molar-refractivity contribution in [3.8, 4) is 0 Å². The molecule has 1 unspecified atom stereocenters. The molecule has 0 aliphatic carbocycles. The molecule has 0 amide bonds. The molecular formula is C14H28O6. The zero-order valence-corrected chi connectivity index (χ0v) is 12.1. The molecule has 6 nitrogen and oxygen atoms in total. The van der Waals surface area contributed by atoms with E-state index in [1.807, 2.05) is 0 Å². The molecule has 1 rings (SSSR count). The minimum absolute atomic E-state index is 0.373. The first kappa shape index (κ1) is 17.8. The summed E-state index contributed by atoms with van der Waals surface area (Å²) in [5.74, 6) is 0. The van der Waals surface area contributed by atoms with E-state index in [0.29, 0.717) is 6.61 Å². The van der Waals surface area contributed by atoms with Crippen LogP contribution in [0.1, 0.15) is 45.4 Å².